The van der Waals surface area contributed by atoms with Crippen LogP contribution in [0.3, 0.4) is 0 Å². The maximum atomic E-state index is 12.9. The first-order valence-corrected chi connectivity index (χ1v) is 5.24. The number of hydrogen-bond acceptors (Lipinski definition) is 3. The van der Waals surface area contributed by atoms with Gasteiger partial charge in [0.15, 0.2) is 0 Å². The van der Waals surface area contributed by atoms with Gasteiger partial charge in [0.1, 0.15) is 11.6 Å². The summed E-state index contributed by atoms with van der Waals surface area (Å²) in [6.45, 7) is 3.37. The number of pyridine rings is 1. The molecule has 1 aromatic heterocycles. The molecule has 0 aromatic carbocycles. The van der Waals surface area contributed by atoms with Crippen molar-refractivity contribution in [2.75, 3.05) is 18.5 Å². The first-order valence-electron chi connectivity index (χ1n) is 5.24. The third kappa shape index (κ3) is 3.16. The van der Waals surface area contributed by atoms with Crippen molar-refractivity contribution < 1.29 is 4.39 Å². The molecular weight excluding hydrogens is 193 g/mol. The summed E-state index contributed by atoms with van der Waals surface area (Å²) in [6, 6.07) is 1.45. The SMILES string of the molecule is CCCCN(C)c1ncc(F)cc1CN. The quantitative estimate of drug-likeness (QED) is 0.809. The molecule has 0 saturated heterocycles. The molecule has 1 heterocycles. The molecule has 0 spiro atoms. The summed E-state index contributed by atoms with van der Waals surface area (Å²) in [4.78, 5) is 6.09. The van der Waals surface area contributed by atoms with Crippen LogP contribution in [0.15, 0.2) is 12.3 Å². The van der Waals surface area contributed by atoms with E-state index in [2.05, 4.69) is 11.9 Å². The highest BCUT2D eigenvalue weighted by Gasteiger charge is 2.08. The van der Waals surface area contributed by atoms with Gasteiger partial charge in [-0.15, -0.1) is 0 Å². The molecule has 2 N–H and O–H groups in total. The molecular formula is C11H18FN3. The number of halogens is 1. The third-order valence-corrected chi connectivity index (χ3v) is 2.34. The van der Waals surface area contributed by atoms with Crippen LogP contribution in [0.5, 0.6) is 0 Å². The fraction of sp³-hybridized carbons (Fsp3) is 0.545. The maximum absolute atomic E-state index is 12.9. The van der Waals surface area contributed by atoms with Crippen molar-refractivity contribution in [1.29, 1.82) is 0 Å². The first kappa shape index (κ1) is 11.9. The highest BCUT2D eigenvalue weighted by molar-refractivity contribution is 5.45. The molecule has 0 aliphatic carbocycles. The Kier molecular flexibility index (Phi) is 4.49. The van der Waals surface area contributed by atoms with E-state index in [1.807, 2.05) is 11.9 Å². The summed E-state index contributed by atoms with van der Waals surface area (Å²) in [7, 11) is 1.95. The molecule has 0 bridgehead atoms. The molecule has 0 fully saturated rings. The molecule has 1 rings (SSSR count). The summed E-state index contributed by atoms with van der Waals surface area (Å²) in [6.07, 6.45) is 3.46. The van der Waals surface area contributed by atoms with Crippen LogP contribution < -0.4 is 10.6 Å². The largest absolute Gasteiger partial charge is 0.359 e. The molecule has 0 amide bonds. The van der Waals surface area contributed by atoms with E-state index in [1.165, 1.54) is 12.3 Å². The van der Waals surface area contributed by atoms with Crippen molar-refractivity contribution >= 4 is 5.82 Å². The smallest absolute Gasteiger partial charge is 0.141 e. The minimum atomic E-state index is -0.330. The van der Waals surface area contributed by atoms with Gasteiger partial charge in [-0.05, 0) is 12.5 Å². The highest BCUT2D eigenvalue weighted by Crippen LogP contribution is 2.17. The van der Waals surface area contributed by atoms with Gasteiger partial charge in [-0.3, -0.25) is 0 Å². The van der Waals surface area contributed by atoms with E-state index < -0.39 is 0 Å². The molecule has 0 radical (unpaired) electrons. The van der Waals surface area contributed by atoms with Gasteiger partial charge in [0.05, 0.1) is 6.20 Å². The Balaban J connectivity index is 2.82. The van der Waals surface area contributed by atoms with Crippen LogP contribution in [0.1, 0.15) is 25.3 Å². The Hall–Kier alpha value is -1.16. The molecule has 0 aliphatic heterocycles. The van der Waals surface area contributed by atoms with Gasteiger partial charge in [0.25, 0.3) is 0 Å². The van der Waals surface area contributed by atoms with Crippen LogP contribution in [0.2, 0.25) is 0 Å². The van der Waals surface area contributed by atoms with Crippen LogP contribution in [-0.4, -0.2) is 18.6 Å². The second-order valence-corrected chi connectivity index (χ2v) is 3.62. The zero-order chi connectivity index (χ0) is 11.3. The van der Waals surface area contributed by atoms with Gasteiger partial charge in [-0.1, -0.05) is 13.3 Å². The Morgan fingerprint density at radius 3 is 2.87 bits per heavy atom. The van der Waals surface area contributed by atoms with Crippen molar-refractivity contribution in [2.45, 2.75) is 26.3 Å². The van der Waals surface area contributed by atoms with Gasteiger partial charge in [-0.25, -0.2) is 9.37 Å². The summed E-state index contributed by atoms with van der Waals surface area (Å²) in [5.74, 6) is 0.454. The van der Waals surface area contributed by atoms with Gasteiger partial charge < -0.3 is 10.6 Å². The average molecular weight is 211 g/mol. The Morgan fingerprint density at radius 1 is 1.53 bits per heavy atom. The number of unbranched alkanes of at least 4 members (excludes halogenated alkanes) is 1. The average Bonchev–Trinajstić information content (AvgIpc) is 2.25. The highest BCUT2D eigenvalue weighted by atomic mass is 19.1. The van der Waals surface area contributed by atoms with E-state index in [9.17, 15) is 4.39 Å². The normalized spacial score (nSPS) is 10.4. The Morgan fingerprint density at radius 2 is 2.27 bits per heavy atom. The predicted octanol–water partition coefficient (Wildman–Crippen LogP) is 1.92. The standard InChI is InChI=1S/C11H18FN3/c1-3-4-5-15(2)11-9(7-13)6-10(12)8-14-11/h6,8H,3-5,7,13H2,1-2H3. The minimum absolute atomic E-state index is 0.316. The molecule has 3 nitrogen and oxygen atoms in total. The molecule has 0 atom stereocenters. The number of hydrogen-bond donors (Lipinski definition) is 1. The van der Waals surface area contributed by atoms with Gasteiger partial charge >= 0.3 is 0 Å². The van der Waals surface area contributed by atoms with E-state index in [4.69, 9.17) is 5.73 Å². The topological polar surface area (TPSA) is 42.2 Å². The van der Waals surface area contributed by atoms with Crippen LogP contribution >= 0.6 is 0 Å². The predicted molar refractivity (Wildman–Crippen MR) is 60.3 cm³/mol. The Labute approximate surface area is 90.1 Å². The van der Waals surface area contributed by atoms with E-state index in [1.54, 1.807) is 0 Å². The van der Waals surface area contributed by atoms with E-state index >= 15 is 0 Å². The molecule has 0 unspecified atom stereocenters. The van der Waals surface area contributed by atoms with Gasteiger partial charge in [0, 0.05) is 25.7 Å². The van der Waals surface area contributed by atoms with Crippen molar-refractivity contribution in [2.24, 2.45) is 5.73 Å². The third-order valence-electron chi connectivity index (χ3n) is 2.34. The van der Waals surface area contributed by atoms with Crippen LogP contribution in [-0.2, 0) is 6.54 Å². The summed E-state index contributed by atoms with van der Waals surface area (Å²) < 4.78 is 12.9. The van der Waals surface area contributed by atoms with Crippen LogP contribution in [0, 0.1) is 5.82 Å². The number of anilines is 1. The lowest BCUT2D eigenvalue weighted by atomic mass is 10.2. The molecule has 0 aliphatic rings. The fourth-order valence-corrected chi connectivity index (χ4v) is 1.47. The fourth-order valence-electron chi connectivity index (χ4n) is 1.47. The van der Waals surface area contributed by atoms with Gasteiger partial charge in [-0.2, -0.15) is 0 Å². The number of nitrogens with two attached hydrogens (primary N) is 1. The second-order valence-electron chi connectivity index (χ2n) is 3.62. The molecule has 1 aromatic rings. The minimum Gasteiger partial charge on any atom is -0.359 e. The van der Waals surface area contributed by atoms with Crippen molar-refractivity contribution in [3.05, 3.63) is 23.6 Å². The molecule has 4 heteroatoms. The van der Waals surface area contributed by atoms with Crippen molar-refractivity contribution in [1.82, 2.24) is 4.98 Å². The van der Waals surface area contributed by atoms with Crippen LogP contribution in [0.25, 0.3) is 0 Å². The lowest BCUT2D eigenvalue weighted by Crippen LogP contribution is -2.22. The molecule has 15 heavy (non-hydrogen) atoms. The number of aromatic nitrogens is 1. The second kappa shape index (κ2) is 5.66. The maximum Gasteiger partial charge on any atom is 0.141 e. The zero-order valence-electron chi connectivity index (χ0n) is 9.33. The monoisotopic (exact) mass is 211 g/mol. The van der Waals surface area contributed by atoms with E-state index in [-0.39, 0.29) is 5.82 Å². The lowest BCUT2D eigenvalue weighted by Gasteiger charge is -2.20. The van der Waals surface area contributed by atoms with Crippen molar-refractivity contribution in [3.63, 3.8) is 0 Å². The zero-order valence-corrected chi connectivity index (χ0v) is 9.33. The van der Waals surface area contributed by atoms with Crippen LogP contribution in [0.4, 0.5) is 10.2 Å². The van der Waals surface area contributed by atoms with E-state index in [0.29, 0.717) is 6.54 Å². The first-order chi connectivity index (χ1) is 7.19. The summed E-state index contributed by atoms with van der Waals surface area (Å²) in [5, 5.41) is 0. The van der Waals surface area contributed by atoms with E-state index in [0.717, 1.165) is 30.8 Å². The summed E-state index contributed by atoms with van der Waals surface area (Å²) in [5.41, 5.74) is 6.31. The summed E-state index contributed by atoms with van der Waals surface area (Å²) >= 11 is 0. The Bertz CT molecular complexity index is 315. The van der Waals surface area contributed by atoms with Gasteiger partial charge in [0.2, 0.25) is 0 Å². The van der Waals surface area contributed by atoms with Crippen molar-refractivity contribution in [3.8, 4) is 0 Å². The molecule has 0 saturated carbocycles. The number of rotatable bonds is 5. The number of nitrogens with zero attached hydrogens (tertiary/aromatic N) is 2. The molecule has 84 valence electrons. The lowest BCUT2D eigenvalue weighted by molar-refractivity contribution is 0.617.